The van der Waals surface area contributed by atoms with Crippen molar-refractivity contribution in [2.75, 3.05) is 6.26 Å². The summed E-state index contributed by atoms with van der Waals surface area (Å²) in [6, 6.07) is 15.4. The number of hydrogen-bond acceptors (Lipinski definition) is 3. The summed E-state index contributed by atoms with van der Waals surface area (Å²) in [4.78, 5) is 12.2. The molecule has 0 spiro atoms. The molecular formula is C19H16Cl2O2S. The van der Waals surface area contributed by atoms with Gasteiger partial charge in [-0.2, -0.15) is 0 Å². The second kappa shape index (κ2) is 7.64. The van der Waals surface area contributed by atoms with Crippen LogP contribution >= 0.6 is 35.0 Å². The van der Waals surface area contributed by atoms with Crippen LogP contribution in [0.15, 0.2) is 60.4 Å². The summed E-state index contributed by atoms with van der Waals surface area (Å²) in [5, 5.41) is 1.12. The molecule has 2 nitrogen and oxygen atoms in total. The smallest absolute Gasteiger partial charge is 0.253 e. The van der Waals surface area contributed by atoms with Crippen molar-refractivity contribution < 1.29 is 9.53 Å². The normalized spacial score (nSPS) is 20.2. The number of allylic oxidation sites excluding steroid dienone is 1. The Kier molecular flexibility index (Phi) is 5.54. The predicted octanol–water partition coefficient (Wildman–Crippen LogP) is 6.01. The second-order valence-electron chi connectivity index (χ2n) is 5.55. The second-order valence-corrected chi connectivity index (χ2v) is 7.17. The Hall–Kier alpha value is -1.42. The lowest BCUT2D eigenvalue weighted by atomic mass is 9.88. The molecule has 0 aromatic heterocycles. The zero-order valence-electron chi connectivity index (χ0n) is 13.0. The summed E-state index contributed by atoms with van der Waals surface area (Å²) in [6.45, 7) is 0. The lowest BCUT2D eigenvalue weighted by molar-refractivity contribution is -0.112. The molecule has 0 saturated carbocycles. The molecule has 0 bridgehead atoms. The molecule has 0 amide bonds. The molecule has 3 rings (SSSR count). The monoisotopic (exact) mass is 378 g/mol. The van der Waals surface area contributed by atoms with Crippen LogP contribution in [0.5, 0.6) is 0 Å². The van der Waals surface area contributed by atoms with Crippen LogP contribution in [-0.4, -0.2) is 11.4 Å². The van der Waals surface area contributed by atoms with Crippen LogP contribution in [0.25, 0.3) is 0 Å². The number of rotatable bonds is 3. The first-order valence-electron chi connectivity index (χ1n) is 7.55. The lowest BCUT2D eigenvalue weighted by Crippen LogP contribution is -2.18. The molecule has 0 unspecified atom stereocenters. The number of carbonyl (C=O) groups is 1. The summed E-state index contributed by atoms with van der Waals surface area (Å²) in [6.07, 6.45) is 4.16. The number of thioether (sulfide) groups is 1. The van der Waals surface area contributed by atoms with E-state index in [0.29, 0.717) is 15.8 Å². The van der Waals surface area contributed by atoms with Crippen molar-refractivity contribution in [1.82, 2.24) is 0 Å². The Morgan fingerprint density at radius 1 is 1.17 bits per heavy atom. The van der Waals surface area contributed by atoms with Crippen LogP contribution in [0.2, 0.25) is 10.0 Å². The highest BCUT2D eigenvalue weighted by Gasteiger charge is 2.29. The SMILES string of the molecule is CSC(=O)C1=C[C@@H](c2ccc(Cl)cc2Cl)C[C@@H](c2ccccc2)O1. The minimum Gasteiger partial charge on any atom is -0.481 e. The van der Waals surface area contributed by atoms with E-state index >= 15 is 0 Å². The molecular weight excluding hydrogens is 363 g/mol. The zero-order chi connectivity index (χ0) is 17.1. The van der Waals surface area contributed by atoms with E-state index in [0.717, 1.165) is 29.3 Å². The average Bonchev–Trinajstić information content (AvgIpc) is 2.61. The molecule has 0 saturated heterocycles. The molecule has 124 valence electrons. The maximum absolute atomic E-state index is 12.2. The number of ether oxygens (including phenoxy) is 1. The third-order valence-electron chi connectivity index (χ3n) is 4.01. The van der Waals surface area contributed by atoms with Crippen LogP contribution < -0.4 is 0 Å². The third kappa shape index (κ3) is 3.80. The summed E-state index contributed by atoms with van der Waals surface area (Å²) in [5.41, 5.74) is 2.00. The zero-order valence-corrected chi connectivity index (χ0v) is 15.4. The van der Waals surface area contributed by atoms with E-state index in [1.165, 1.54) is 0 Å². The standard InChI is InChI=1S/C19H16Cl2O2S/c1-24-19(22)18-10-13(15-8-7-14(20)11-16(15)21)9-17(23-18)12-5-3-2-4-6-12/h2-8,10-11,13,17H,9H2,1H3/t13-,17-/m0/s1. The molecule has 1 aliphatic rings. The molecule has 5 heteroatoms. The predicted molar refractivity (Wildman–Crippen MR) is 101 cm³/mol. The highest BCUT2D eigenvalue weighted by molar-refractivity contribution is 8.13. The maximum Gasteiger partial charge on any atom is 0.253 e. The van der Waals surface area contributed by atoms with Crippen molar-refractivity contribution >= 4 is 40.1 Å². The highest BCUT2D eigenvalue weighted by Crippen LogP contribution is 2.41. The quantitative estimate of drug-likeness (QED) is 0.653. The number of carbonyl (C=O) groups excluding carboxylic acids is 1. The third-order valence-corrected chi connectivity index (χ3v) is 5.14. The van der Waals surface area contributed by atoms with Gasteiger partial charge in [0.25, 0.3) is 5.12 Å². The summed E-state index contributed by atoms with van der Waals surface area (Å²) < 4.78 is 5.96. The topological polar surface area (TPSA) is 26.3 Å². The van der Waals surface area contributed by atoms with Gasteiger partial charge < -0.3 is 4.74 Å². The Bertz CT molecular complexity index is 774. The van der Waals surface area contributed by atoms with Gasteiger partial charge >= 0.3 is 0 Å². The fourth-order valence-electron chi connectivity index (χ4n) is 2.83. The summed E-state index contributed by atoms with van der Waals surface area (Å²) >= 11 is 13.5. The van der Waals surface area contributed by atoms with Crippen molar-refractivity contribution in [2.24, 2.45) is 0 Å². The first-order valence-corrected chi connectivity index (χ1v) is 9.53. The Morgan fingerprint density at radius 2 is 1.92 bits per heavy atom. The van der Waals surface area contributed by atoms with Crippen molar-refractivity contribution in [3.63, 3.8) is 0 Å². The van der Waals surface area contributed by atoms with Gasteiger partial charge in [-0.05, 0) is 42.0 Å². The van der Waals surface area contributed by atoms with E-state index in [4.69, 9.17) is 27.9 Å². The van der Waals surface area contributed by atoms with Crippen molar-refractivity contribution in [1.29, 1.82) is 0 Å². The van der Waals surface area contributed by atoms with Gasteiger partial charge in [-0.15, -0.1) is 0 Å². The number of benzene rings is 2. The fourth-order valence-corrected chi connectivity index (χ4v) is 3.70. The molecule has 24 heavy (non-hydrogen) atoms. The van der Waals surface area contributed by atoms with Gasteiger partial charge in [0, 0.05) is 16.0 Å². The molecule has 1 heterocycles. The molecule has 2 atom stereocenters. The van der Waals surface area contributed by atoms with Gasteiger partial charge in [-0.1, -0.05) is 71.4 Å². The number of hydrogen-bond donors (Lipinski definition) is 0. The molecule has 1 aliphatic heterocycles. The van der Waals surface area contributed by atoms with Crippen LogP contribution in [0.1, 0.15) is 29.6 Å². The van der Waals surface area contributed by atoms with Gasteiger partial charge in [0.05, 0.1) is 0 Å². The minimum absolute atomic E-state index is 0.000164. The highest BCUT2D eigenvalue weighted by atomic mass is 35.5. The van der Waals surface area contributed by atoms with E-state index in [1.807, 2.05) is 48.5 Å². The van der Waals surface area contributed by atoms with Crippen LogP contribution in [0.4, 0.5) is 0 Å². The molecule has 0 radical (unpaired) electrons. The Balaban J connectivity index is 1.99. The molecule has 0 fully saturated rings. The minimum atomic E-state index is -0.181. The van der Waals surface area contributed by atoms with E-state index in [1.54, 1.807) is 12.3 Å². The van der Waals surface area contributed by atoms with Gasteiger partial charge in [-0.3, -0.25) is 4.79 Å². The molecule has 2 aromatic rings. The fraction of sp³-hybridized carbons (Fsp3) is 0.211. The van der Waals surface area contributed by atoms with E-state index in [2.05, 4.69) is 0 Å². The van der Waals surface area contributed by atoms with Crippen molar-refractivity contribution in [2.45, 2.75) is 18.4 Å². The van der Waals surface area contributed by atoms with Gasteiger partial charge in [0.2, 0.25) is 0 Å². The van der Waals surface area contributed by atoms with Gasteiger partial charge in [0.15, 0.2) is 5.76 Å². The first kappa shape index (κ1) is 17.4. The van der Waals surface area contributed by atoms with E-state index < -0.39 is 0 Å². The Labute approximate surface area is 155 Å². The van der Waals surface area contributed by atoms with Crippen molar-refractivity contribution in [3.8, 4) is 0 Å². The lowest BCUT2D eigenvalue weighted by Gasteiger charge is -2.30. The summed E-state index contributed by atoms with van der Waals surface area (Å²) in [7, 11) is 0. The average molecular weight is 379 g/mol. The molecule has 2 aromatic carbocycles. The molecule has 0 aliphatic carbocycles. The van der Waals surface area contributed by atoms with Crippen LogP contribution in [-0.2, 0) is 9.53 Å². The van der Waals surface area contributed by atoms with Crippen LogP contribution in [0, 0.1) is 0 Å². The van der Waals surface area contributed by atoms with Gasteiger partial charge in [-0.25, -0.2) is 0 Å². The maximum atomic E-state index is 12.2. The van der Waals surface area contributed by atoms with E-state index in [9.17, 15) is 4.79 Å². The van der Waals surface area contributed by atoms with E-state index in [-0.39, 0.29) is 17.1 Å². The Morgan fingerprint density at radius 3 is 2.58 bits per heavy atom. The van der Waals surface area contributed by atoms with Crippen molar-refractivity contribution in [3.05, 3.63) is 81.5 Å². The first-order chi connectivity index (χ1) is 11.6. The summed E-state index contributed by atoms with van der Waals surface area (Å²) in [5.74, 6) is 0.387. The van der Waals surface area contributed by atoms with Crippen LogP contribution in [0.3, 0.4) is 0 Å². The number of halogens is 2. The largest absolute Gasteiger partial charge is 0.481 e. The molecule has 0 N–H and O–H groups in total. The van der Waals surface area contributed by atoms with Gasteiger partial charge in [0.1, 0.15) is 6.10 Å².